The van der Waals surface area contributed by atoms with Crippen LogP contribution in [0.3, 0.4) is 0 Å². The molecule has 0 saturated heterocycles. The zero-order chi connectivity index (χ0) is 62.1. The maximum atomic E-state index is 14.4. The predicted octanol–water partition coefficient (Wildman–Crippen LogP) is -5.81. The van der Waals surface area contributed by atoms with E-state index in [4.69, 9.17) is 33.8 Å². The number of carboxylic acids is 1. The Morgan fingerprint density at radius 3 is 1.46 bits per heavy atom. The van der Waals surface area contributed by atoms with E-state index in [-0.39, 0.29) is 100 Å². The summed E-state index contributed by atoms with van der Waals surface area (Å²) in [5, 5.41) is 83.1. The van der Waals surface area contributed by atoms with Crippen molar-refractivity contribution in [2.24, 2.45) is 28.9 Å². The van der Waals surface area contributed by atoms with E-state index in [1.165, 1.54) is 43.1 Å². The van der Waals surface area contributed by atoms with Crippen molar-refractivity contribution in [2.75, 3.05) is 45.3 Å². The van der Waals surface area contributed by atoms with Gasteiger partial charge in [0, 0.05) is 19.5 Å². The van der Waals surface area contributed by atoms with Gasteiger partial charge in [-0.05, 0) is 114 Å². The number of unbranched alkanes of at least 4 members (excludes halogenated alkanes) is 1. The normalized spacial score (nSPS) is 14.7. The fourth-order valence-electron chi connectivity index (χ4n) is 7.93. The third-order valence-electron chi connectivity index (χ3n) is 12.4. The predicted molar refractivity (Wildman–Crippen MR) is 304 cm³/mol. The molecule has 0 unspecified atom stereocenters. The Balaban J connectivity index is 3.55. The van der Waals surface area contributed by atoms with Gasteiger partial charge in [0.15, 0.2) is 11.9 Å². The highest BCUT2D eigenvalue weighted by Crippen LogP contribution is 2.14. The first-order valence-electron chi connectivity index (χ1n) is 26.7. The van der Waals surface area contributed by atoms with Gasteiger partial charge in [-0.1, -0.05) is 26.0 Å². The van der Waals surface area contributed by atoms with Gasteiger partial charge in [0.25, 0.3) is 0 Å². The number of phenols is 1. The fourth-order valence-corrected chi connectivity index (χ4v) is 8.40. The van der Waals surface area contributed by atoms with Crippen LogP contribution in [0.1, 0.15) is 90.5 Å². The number of hydrogen-bond acceptors (Lipinski definition) is 18. The number of aliphatic carboxylic acids is 1. The van der Waals surface area contributed by atoms with Crippen molar-refractivity contribution in [2.45, 2.75) is 152 Å². The Morgan fingerprint density at radius 1 is 0.573 bits per heavy atom. The Bertz CT molecular complexity index is 2280. The van der Waals surface area contributed by atoms with Crippen molar-refractivity contribution in [1.29, 1.82) is 10.8 Å². The molecule has 82 heavy (non-hydrogen) atoms. The number of nitrogens with one attached hydrogen (secondary N) is 13. The minimum Gasteiger partial charge on any atom is -0.508 e. The van der Waals surface area contributed by atoms with Gasteiger partial charge in [-0.3, -0.25) is 58.8 Å². The Hall–Kier alpha value is -7.55. The van der Waals surface area contributed by atoms with Crippen LogP contribution in [-0.2, 0) is 54.4 Å². The van der Waals surface area contributed by atoms with Gasteiger partial charge in [0.05, 0.1) is 25.2 Å². The smallest absolute Gasteiger partial charge is 0.305 e. The average Bonchev–Trinajstić information content (AvgIpc) is 3.47. The number of hydrogen-bond donors (Lipinski definition) is 21. The van der Waals surface area contributed by atoms with Crippen molar-refractivity contribution in [3.05, 3.63) is 29.8 Å². The van der Waals surface area contributed by atoms with E-state index < -0.39 is 133 Å². The molecule has 462 valence electrons. The van der Waals surface area contributed by atoms with E-state index >= 15 is 0 Å². The molecule has 0 heterocycles. The summed E-state index contributed by atoms with van der Waals surface area (Å²) in [4.78, 5) is 135. The van der Waals surface area contributed by atoms with E-state index in [1.807, 2.05) is 0 Å². The Labute approximate surface area is 480 Å². The molecule has 0 aliphatic carbocycles. The quantitative estimate of drug-likeness (QED) is 0.0165. The van der Waals surface area contributed by atoms with Crippen LogP contribution in [0.2, 0.25) is 0 Å². The zero-order valence-corrected chi connectivity index (χ0v) is 47.9. The third kappa shape index (κ3) is 28.7. The van der Waals surface area contributed by atoms with Crippen LogP contribution in [0.15, 0.2) is 24.3 Å². The van der Waals surface area contributed by atoms with Crippen LogP contribution in [0.4, 0.5) is 0 Å². The number of phenolic OH excluding ortho intramolecular Hbond substituents is 1. The molecule has 0 aliphatic rings. The molecule has 0 aromatic heterocycles. The highest BCUT2D eigenvalue weighted by atomic mass is 32.2. The molecule has 0 spiro atoms. The number of carbonyl (C=O) groups is 10. The number of aromatic hydroxyl groups is 1. The second kappa shape index (κ2) is 39.0. The van der Waals surface area contributed by atoms with Crippen LogP contribution in [0.5, 0.6) is 5.75 Å². The molecule has 32 heteroatoms. The van der Waals surface area contributed by atoms with E-state index in [0.717, 1.165) is 6.92 Å². The number of rotatable bonds is 41. The number of thioether (sulfide) groups is 1. The molecule has 0 fully saturated rings. The highest BCUT2D eigenvalue weighted by Gasteiger charge is 2.37. The van der Waals surface area contributed by atoms with Crippen LogP contribution >= 0.6 is 11.8 Å². The van der Waals surface area contributed by atoms with Crippen LogP contribution in [0.25, 0.3) is 0 Å². The lowest BCUT2D eigenvalue weighted by Crippen LogP contribution is -2.62. The number of nitrogens with two attached hydrogens (primary N) is 4. The molecule has 9 amide bonds. The molecular weight excluding hydrogens is 1090 g/mol. The first-order valence-corrected chi connectivity index (χ1v) is 28.1. The SMILES string of the molecule is CN[C@@H](CCCNC(=N)N)C(=O)N[C@@H](CO)C(=O)N[C@@H](CCSC)C(=O)N[C@H](C(=O)N[C@@H](CC(=O)O)C(=O)N[C@@H](CCCCN)C(=O)N[C@@H](Cc1ccc(O)cc1)C(=O)N[C@H](CCCNC(=N)N)C(=O)N[C@@H](CC(C)C)C(N)=O)[C@@H](C)O. The number of amides is 9. The lowest BCUT2D eigenvalue weighted by atomic mass is 10.0. The molecule has 0 bridgehead atoms. The minimum atomic E-state index is -1.98. The lowest BCUT2D eigenvalue weighted by Gasteiger charge is -2.28. The molecule has 0 radical (unpaired) electrons. The van der Waals surface area contributed by atoms with Gasteiger partial charge in [0.1, 0.15) is 54.1 Å². The monoisotopic (exact) mass is 1180 g/mol. The number of primary amides is 1. The molecule has 10 atom stereocenters. The number of carbonyl (C=O) groups excluding carboxylic acids is 9. The first kappa shape index (κ1) is 72.5. The van der Waals surface area contributed by atoms with Gasteiger partial charge < -0.3 is 102 Å². The van der Waals surface area contributed by atoms with E-state index in [0.29, 0.717) is 18.4 Å². The van der Waals surface area contributed by atoms with E-state index in [2.05, 4.69) is 58.5 Å². The number of carboxylic acid groups (broad SMARTS) is 1. The molecule has 0 aliphatic heterocycles. The summed E-state index contributed by atoms with van der Waals surface area (Å²) in [6, 6.07) is -7.67. The summed E-state index contributed by atoms with van der Waals surface area (Å²) in [6.45, 7) is 4.35. The maximum absolute atomic E-state index is 14.4. The molecule has 1 aromatic carbocycles. The number of likely N-dealkylation sites (N-methyl/N-ethyl adjacent to an activating group) is 1. The lowest BCUT2D eigenvalue weighted by molar-refractivity contribution is -0.142. The summed E-state index contributed by atoms with van der Waals surface area (Å²) < 4.78 is 0. The van der Waals surface area contributed by atoms with Crippen LogP contribution in [-0.4, -0.2) is 197 Å². The zero-order valence-electron chi connectivity index (χ0n) is 47.1. The van der Waals surface area contributed by atoms with Crippen molar-refractivity contribution in [3.63, 3.8) is 0 Å². The van der Waals surface area contributed by atoms with Gasteiger partial charge in [-0.25, -0.2) is 0 Å². The summed E-state index contributed by atoms with van der Waals surface area (Å²) in [5.41, 5.74) is 22.4. The van der Waals surface area contributed by atoms with E-state index in [9.17, 15) is 68.4 Å². The summed E-state index contributed by atoms with van der Waals surface area (Å²) >= 11 is 1.28. The summed E-state index contributed by atoms with van der Waals surface area (Å²) in [7, 11) is 1.50. The van der Waals surface area contributed by atoms with E-state index in [1.54, 1.807) is 20.1 Å². The highest BCUT2D eigenvalue weighted by molar-refractivity contribution is 7.98. The number of benzene rings is 1. The molecule has 0 saturated carbocycles. The summed E-state index contributed by atoms with van der Waals surface area (Å²) in [5.74, 6) is -10.9. The van der Waals surface area contributed by atoms with Crippen molar-refractivity contribution >= 4 is 82.8 Å². The average molecular weight is 1180 g/mol. The molecule has 1 aromatic rings. The van der Waals surface area contributed by atoms with Crippen LogP contribution < -0.4 is 81.4 Å². The number of aliphatic hydroxyl groups excluding tert-OH is 2. The molecule has 25 N–H and O–H groups in total. The minimum absolute atomic E-state index is 0.0665. The van der Waals surface area contributed by atoms with Crippen LogP contribution in [0, 0.1) is 16.7 Å². The van der Waals surface area contributed by atoms with Crippen molar-refractivity contribution < 1.29 is 68.4 Å². The Morgan fingerprint density at radius 2 is 1.00 bits per heavy atom. The maximum Gasteiger partial charge on any atom is 0.305 e. The van der Waals surface area contributed by atoms with Gasteiger partial charge in [0.2, 0.25) is 53.2 Å². The molecular formula is C50H87N17O14S. The largest absolute Gasteiger partial charge is 0.508 e. The topological polar surface area (TPSA) is 536 Å². The third-order valence-corrected chi connectivity index (χ3v) is 13.0. The fraction of sp³-hybridized carbons (Fsp3) is 0.640. The van der Waals surface area contributed by atoms with Gasteiger partial charge in [-0.2, -0.15) is 11.8 Å². The number of aliphatic hydroxyl groups is 2. The van der Waals surface area contributed by atoms with Gasteiger partial charge >= 0.3 is 5.97 Å². The first-order chi connectivity index (χ1) is 38.7. The second-order valence-corrected chi connectivity index (χ2v) is 20.7. The summed E-state index contributed by atoms with van der Waals surface area (Å²) in [6.07, 6.45) is -0.167. The number of guanidine groups is 2. The van der Waals surface area contributed by atoms with Crippen molar-refractivity contribution in [1.82, 2.24) is 58.5 Å². The van der Waals surface area contributed by atoms with Crippen molar-refractivity contribution in [3.8, 4) is 5.75 Å². The molecule has 31 nitrogen and oxygen atoms in total. The standard InChI is InChI=1S/C50H87N17O14S/c1-26(2)22-34(40(52)73)63-42(75)32(12-9-20-59-50(55)56)61-45(78)35(23-28-13-15-29(70)16-14-28)64-43(76)31(10-6-7-18-51)60-46(79)36(24-38(71)72)65-48(81)39(27(3)69)67-44(77)33(17-21-82-5)62-47(80)37(25-68)66-41(74)30(57-4)11-8-19-58-49(53)54/h13-16,26-27,30-37,39,57,68-70H,6-12,17-25,51H2,1-5H3,(H2,52,73)(H,60,79)(H,61,78)(H,62,80)(H,63,75)(H,64,76)(H,65,81)(H,66,74)(H,67,77)(H,71,72)(H4,53,54,58)(H4,55,56,59)/t27-,30+,31+,32-,33+,34+,35+,36+,37+,39+/m1/s1. The Kier molecular flexibility index (Phi) is 34.4. The van der Waals surface area contributed by atoms with Gasteiger partial charge in [-0.15, -0.1) is 0 Å². The molecule has 1 rings (SSSR count). The second-order valence-electron chi connectivity index (χ2n) is 19.7.